The van der Waals surface area contributed by atoms with Gasteiger partial charge in [0.1, 0.15) is 11.9 Å². The van der Waals surface area contributed by atoms with Crippen LogP contribution in [0.3, 0.4) is 0 Å². The number of carbonyl (C=O) groups excluding carboxylic acids is 3. The van der Waals surface area contributed by atoms with Gasteiger partial charge in [0.2, 0.25) is 0 Å². The van der Waals surface area contributed by atoms with Crippen LogP contribution in [0.25, 0.3) is 0 Å². The zero-order valence-corrected chi connectivity index (χ0v) is 17.5. The van der Waals surface area contributed by atoms with Crippen LogP contribution in [-0.2, 0) is 14.3 Å². The Balaban J connectivity index is 1.87. The van der Waals surface area contributed by atoms with Gasteiger partial charge >= 0.3 is 5.97 Å². The van der Waals surface area contributed by atoms with E-state index in [4.69, 9.17) is 4.74 Å². The summed E-state index contributed by atoms with van der Waals surface area (Å²) >= 11 is 0. The first-order chi connectivity index (χ1) is 13.7. The van der Waals surface area contributed by atoms with Gasteiger partial charge in [-0.25, -0.2) is 9.18 Å². The predicted molar refractivity (Wildman–Crippen MR) is 108 cm³/mol. The standard InChI is InChI=1S/C22H31FN2O4/c1-13(2)20(25-21(27)16-8-10-17(23)11-9-16)22(28)29-12-19(26)24-18-7-5-6-14(3)15(18)4/h8-11,13-15,18,20H,5-7,12H2,1-4H3,(H,24,26)(H,25,27)/t14?,15?,18?,20-/m0/s1. The smallest absolute Gasteiger partial charge is 0.329 e. The molecule has 0 heterocycles. The van der Waals surface area contributed by atoms with Crippen molar-refractivity contribution in [2.45, 2.75) is 59.0 Å². The molecule has 1 aliphatic rings. The molecule has 0 saturated heterocycles. The molecule has 1 aliphatic carbocycles. The highest BCUT2D eigenvalue weighted by atomic mass is 19.1. The van der Waals surface area contributed by atoms with Crippen LogP contribution in [0.2, 0.25) is 0 Å². The Labute approximate surface area is 171 Å². The molecular formula is C22H31FN2O4. The molecule has 2 N–H and O–H groups in total. The van der Waals surface area contributed by atoms with E-state index in [2.05, 4.69) is 24.5 Å². The van der Waals surface area contributed by atoms with Crippen molar-refractivity contribution in [3.05, 3.63) is 35.6 Å². The summed E-state index contributed by atoms with van der Waals surface area (Å²) in [7, 11) is 0. The molecule has 0 radical (unpaired) electrons. The number of benzene rings is 1. The molecule has 1 aromatic carbocycles. The van der Waals surface area contributed by atoms with E-state index >= 15 is 0 Å². The molecular weight excluding hydrogens is 375 g/mol. The summed E-state index contributed by atoms with van der Waals surface area (Å²) in [6, 6.07) is 4.21. The number of halogens is 1. The van der Waals surface area contributed by atoms with Crippen LogP contribution in [0.15, 0.2) is 24.3 Å². The third-order valence-corrected chi connectivity index (χ3v) is 5.71. The second-order valence-electron chi connectivity index (χ2n) is 8.25. The van der Waals surface area contributed by atoms with Gasteiger partial charge in [-0.15, -0.1) is 0 Å². The molecule has 4 atom stereocenters. The van der Waals surface area contributed by atoms with Gasteiger partial charge in [0, 0.05) is 11.6 Å². The first-order valence-electron chi connectivity index (χ1n) is 10.2. The molecule has 0 spiro atoms. The number of hydrogen-bond acceptors (Lipinski definition) is 4. The van der Waals surface area contributed by atoms with E-state index in [1.54, 1.807) is 13.8 Å². The molecule has 7 heteroatoms. The highest BCUT2D eigenvalue weighted by Crippen LogP contribution is 2.29. The number of rotatable bonds is 7. The lowest BCUT2D eigenvalue weighted by molar-refractivity contribution is -0.151. The van der Waals surface area contributed by atoms with Crippen molar-refractivity contribution in [1.82, 2.24) is 10.6 Å². The summed E-state index contributed by atoms with van der Waals surface area (Å²) in [5.41, 5.74) is 0.239. The average molecular weight is 406 g/mol. The van der Waals surface area contributed by atoms with Crippen LogP contribution in [-0.4, -0.2) is 36.5 Å². The van der Waals surface area contributed by atoms with Crippen LogP contribution in [0, 0.1) is 23.6 Å². The summed E-state index contributed by atoms with van der Waals surface area (Å²) in [6.07, 6.45) is 3.15. The number of ether oxygens (including phenoxy) is 1. The van der Waals surface area contributed by atoms with Gasteiger partial charge in [-0.2, -0.15) is 0 Å². The van der Waals surface area contributed by atoms with Gasteiger partial charge in [-0.3, -0.25) is 9.59 Å². The summed E-state index contributed by atoms with van der Waals surface area (Å²) in [6.45, 7) is 7.46. The molecule has 1 saturated carbocycles. The number of nitrogens with one attached hydrogen (secondary N) is 2. The summed E-state index contributed by atoms with van der Waals surface area (Å²) in [5.74, 6) is -1.28. The quantitative estimate of drug-likeness (QED) is 0.682. The van der Waals surface area contributed by atoms with Gasteiger partial charge in [-0.1, -0.05) is 40.5 Å². The van der Waals surface area contributed by atoms with Gasteiger partial charge in [0.05, 0.1) is 0 Å². The molecule has 0 aliphatic heterocycles. The summed E-state index contributed by atoms with van der Waals surface area (Å²) in [5, 5.41) is 5.56. The molecule has 1 fully saturated rings. The van der Waals surface area contributed by atoms with E-state index in [9.17, 15) is 18.8 Å². The average Bonchev–Trinajstić information content (AvgIpc) is 2.68. The third-order valence-electron chi connectivity index (χ3n) is 5.71. The molecule has 29 heavy (non-hydrogen) atoms. The largest absolute Gasteiger partial charge is 0.454 e. The first kappa shape index (κ1) is 22.8. The zero-order valence-electron chi connectivity index (χ0n) is 17.5. The normalized spacial score (nSPS) is 22.6. The van der Waals surface area contributed by atoms with Gasteiger partial charge in [0.25, 0.3) is 11.8 Å². The number of amides is 2. The lowest BCUT2D eigenvalue weighted by Crippen LogP contribution is -2.48. The van der Waals surface area contributed by atoms with Crippen LogP contribution in [0.5, 0.6) is 0 Å². The molecule has 6 nitrogen and oxygen atoms in total. The molecule has 0 aromatic heterocycles. The van der Waals surface area contributed by atoms with E-state index in [-0.39, 0.29) is 30.0 Å². The number of hydrogen-bond donors (Lipinski definition) is 2. The van der Waals surface area contributed by atoms with E-state index in [1.165, 1.54) is 24.3 Å². The molecule has 160 valence electrons. The topological polar surface area (TPSA) is 84.5 Å². The Bertz CT molecular complexity index is 720. The molecule has 2 amide bonds. The van der Waals surface area contributed by atoms with Crippen molar-refractivity contribution in [1.29, 1.82) is 0 Å². The maximum atomic E-state index is 13.0. The minimum atomic E-state index is -0.908. The van der Waals surface area contributed by atoms with Crippen molar-refractivity contribution >= 4 is 17.8 Å². The van der Waals surface area contributed by atoms with E-state index in [0.717, 1.165) is 19.3 Å². The van der Waals surface area contributed by atoms with Gasteiger partial charge in [0.15, 0.2) is 6.61 Å². The van der Waals surface area contributed by atoms with Gasteiger partial charge < -0.3 is 15.4 Å². The maximum Gasteiger partial charge on any atom is 0.329 e. The fourth-order valence-corrected chi connectivity index (χ4v) is 3.58. The van der Waals surface area contributed by atoms with Crippen LogP contribution in [0.1, 0.15) is 57.3 Å². The molecule has 2 rings (SSSR count). The van der Waals surface area contributed by atoms with Crippen molar-refractivity contribution in [2.75, 3.05) is 6.61 Å². The fraction of sp³-hybridized carbons (Fsp3) is 0.591. The van der Waals surface area contributed by atoms with E-state index in [1.807, 2.05) is 0 Å². The monoisotopic (exact) mass is 406 g/mol. The minimum absolute atomic E-state index is 0.0871. The lowest BCUT2D eigenvalue weighted by atomic mass is 9.78. The minimum Gasteiger partial charge on any atom is -0.454 e. The van der Waals surface area contributed by atoms with E-state index in [0.29, 0.717) is 11.8 Å². The Morgan fingerprint density at radius 3 is 2.41 bits per heavy atom. The van der Waals surface area contributed by atoms with Crippen molar-refractivity contribution < 1.29 is 23.5 Å². The summed E-state index contributed by atoms with van der Waals surface area (Å²) < 4.78 is 18.2. The fourth-order valence-electron chi connectivity index (χ4n) is 3.58. The van der Waals surface area contributed by atoms with Crippen molar-refractivity contribution in [3.8, 4) is 0 Å². The SMILES string of the molecule is CC1CCCC(NC(=O)COC(=O)[C@@H](NC(=O)c2ccc(F)cc2)C(C)C)C1C. The second-order valence-corrected chi connectivity index (χ2v) is 8.25. The lowest BCUT2D eigenvalue weighted by Gasteiger charge is -2.34. The van der Waals surface area contributed by atoms with Crippen LogP contribution < -0.4 is 10.6 Å². The van der Waals surface area contributed by atoms with Crippen LogP contribution >= 0.6 is 0 Å². The molecule has 1 aromatic rings. The summed E-state index contributed by atoms with van der Waals surface area (Å²) in [4.78, 5) is 37.0. The number of carbonyl (C=O) groups is 3. The molecule has 3 unspecified atom stereocenters. The Morgan fingerprint density at radius 1 is 1.14 bits per heavy atom. The highest BCUT2D eigenvalue weighted by molar-refractivity contribution is 5.97. The van der Waals surface area contributed by atoms with E-state index < -0.39 is 23.7 Å². The second kappa shape index (κ2) is 10.4. The maximum absolute atomic E-state index is 13.0. The zero-order chi connectivity index (χ0) is 21.6. The highest BCUT2D eigenvalue weighted by Gasteiger charge is 2.30. The Morgan fingerprint density at radius 2 is 1.79 bits per heavy atom. The predicted octanol–water partition coefficient (Wildman–Crippen LogP) is 3.06. The van der Waals surface area contributed by atoms with Crippen molar-refractivity contribution in [2.24, 2.45) is 17.8 Å². The van der Waals surface area contributed by atoms with Crippen LogP contribution in [0.4, 0.5) is 4.39 Å². The first-order valence-corrected chi connectivity index (χ1v) is 10.2. The van der Waals surface area contributed by atoms with Crippen molar-refractivity contribution in [3.63, 3.8) is 0 Å². The number of esters is 1. The third kappa shape index (κ3) is 6.54. The molecule has 0 bridgehead atoms. The Hall–Kier alpha value is -2.44. The Kier molecular flexibility index (Phi) is 8.17. The van der Waals surface area contributed by atoms with Gasteiger partial charge in [-0.05, 0) is 48.4 Å².